The Morgan fingerprint density at radius 2 is 2.25 bits per heavy atom. The zero-order chi connectivity index (χ0) is 8.39. The van der Waals surface area contributed by atoms with Crippen LogP contribution in [-0.4, -0.2) is 14.5 Å². The van der Waals surface area contributed by atoms with Crippen molar-refractivity contribution in [1.82, 2.24) is 14.5 Å². The fourth-order valence-corrected chi connectivity index (χ4v) is 1.10. The van der Waals surface area contributed by atoms with E-state index in [1.165, 1.54) is 0 Å². The van der Waals surface area contributed by atoms with E-state index in [9.17, 15) is 0 Å². The SMILES string of the molecule is Cn1ccc(-c2cnccn2)c1. The van der Waals surface area contributed by atoms with E-state index in [1.807, 2.05) is 30.1 Å². The Morgan fingerprint density at radius 3 is 2.83 bits per heavy atom. The summed E-state index contributed by atoms with van der Waals surface area (Å²) in [6.07, 6.45) is 9.14. The summed E-state index contributed by atoms with van der Waals surface area (Å²) >= 11 is 0. The van der Waals surface area contributed by atoms with Crippen LogP contribution < -0.4 is 0 Å². The van der Waals surface area contributed by atoms with Crippen molar-refractivity contribution in [3.05, 3.63) is 37.1 Å². The topological polar surface area (TPSA) is 30.7 Å². The van der Waals surface area contributed by atoms with Crippen LogP contribution in [0.4, 0.5) is 0 Å². The summed E-state index contributed by atoms with van der Waals surface area (Å²) in [5.41, 5.74) is 2.02. The highest BCUT2D eigenvalue weighted by Crippen LogP contribution is 2.14. The maximum absolute atomic E-state index is 4.19. The Hall–Kier alpha value is -1.64. The molecule has 0 aliphatic carbocycles. The molecule has 0 saturated heterocycles. The molecule has 3 heteroatoms. The first-order chi connectivity index (χ1) is 5.86. The number of hydrogen-bond donors (Lipinski definition) is 0. The van der Waals surface area contributed by atoms with Crippen LogP contribution in [0.15, 0.2) is 37.1 Å². The van der Waals surface area contributed by atoms with Crippen molar-refractivity contribution in [2.75, 3.05) is 0 Å². The Bertz CT molecular complexity index is 364. The third-order valence-electron chi connectivity index (χ3n) is 1.69. The molecule has 0 spiro atoms. The van der Waals surface area contributed by atoms with E-state index in [0.29, 0.717) is 0 Å². The summed E-state index contributed by atoms with van der Waals surface area (Å²) in [7, 11) is 1.99. The highest BCUT2D eigenvalue weighted by atomic mass is 14.9. The normalized spacial score (nSPS) is 10.1. The Balaban J connectivity index is 2.45. The lowest BCUT2D eigenvalue weighted by Gasteiger charge is -1.92. The van der Waals surface area contributed by atoms with Crippen molar-refractivity contribution >= 4 is 0 Å². The van der Waals surface area contributed by atoms with Crippen LogP contribution in [0.3, 0.4) is 0 Å². The van der Waals surface area contributed by atoms with Crippen LogP contribution in [0.5, 0.6) is 0 Å². The second kappa shape index (κ2) is 2.77. The predicted molar refractivity (Wildman–Crippen MR) is 46.4 cm³/mol. The molecule has 0 atom stereocenters. The standard InChI is InChI=1S/C9H9N3/c1-12-5-2-8(7-12)9-6-10-3-4-11-9/h2-7H,1H3. The van der Waals surface area contributed by atoms with Gasteiger partial charge in [-0.2, -0.15) is 0 Å². The number of aryl methyl sites for hydroxylation is 1. The second-order valence-electron chi connectivity index (χ2n) is 2.66. The van der Waals surface area contributed by atoms with E-state index in [4.69, 9.17) is 0 Å². The number of nitrogens with zero attached hydrogens (tertiary/aromatic N) is 3. The van der Waals surface area contributed by atoms with Gasteiger partial charge >= 0.3 is 0 Å². The van der Waals surface area contributed by atoms with Gasteiger partial charge in [-0.25, -0.2) is 0 Å². The molecule has 0 radical (unpaired) electrons. The molecule has 0 aliphatic rings. The van der Waals surface area contributed by atoms with Gasteiger partial charge < -0.3 is 4.57 Å². The minimum atomic E-state index is 0.915. The largest absolute Gasteiger partial charge is 0.357 e. The van der Waals surface area contributed by atoms with Crippen LogP contribution in [0.25, 0.3) is 11.3 Å². The molecule has 0 saturated carbocycles. The Labute approximate surface area is 70.7 Å². The van der Waals surface area contributed by atoms with Gasteiger partial charge in [0.1, 0.15) is 0 Å². The van der Waals surface area contributed by atoms with Gasteiger partial charge in [-0.05, 0) is 6.07 Å². The molecular formula is C9H9N3. The molecule has 0 unspecified atom stereocenters. The maximum Gasteiger partial charge on any atom is 0.0900 e. The minimum absolute atomic E-state index is 0.915. The molecule has 0 aliphatic heterocycles. The highest BCUT2D eigenvalue weighted by Gasteiger charge is 1.98. The Kier molecular flexibility index (Phi) is 1.63. The summed E-state index contributed by atoms with van der Waals surface area (Å²) in [4.78, 5) is 8.19. The third-order valence-corrected chi connectivity index (χ3v) is 1.69. The van der Waals surface area contributed by atoms with Crippen LogP contribution in [0.1, 0.15) is 0 Å². The lowest BCUT2D eigenvalue weighted by Crippen LogP contribution is -1.82. The molecule has 2 heterocycles. The lowest BCUT2D eigenvalue weighted by molar-refractivity contribution is 0.928. The summed E-state index contributed by atoms with van der Waals surface area (Å²) in [5.74, 6) is 0. The Morgan fingerprint density at radius 1 is 1.33 bits per heavy atom. The van der Waals surface area contributed by atoms with Crippen LogP contribution >= 0.6 is 0 Å². The van der Waals surface area contributed by atoms with Crippen molar-refractivity contribution in [2.24, 2.45) is 7.05 Å². The van der Waals surface area contributed by atoms with E-state index < -0.39 is 0 Å². The molecule has 0 N–H and O–H groups in total. The average Bonchev–Trinajstić information content (AvgIpc) is 2.54. The van der Waals surface area contributed by atoms with Gasteiger partial charge in [-0.15, -0.1) is 0 Å². The van der Waals surface area contributed by atoms with Crippen LogP contribution in [-0.2, 0) is 7.05 Å². The average molecular weight is 159 g/mol. The zero-order valence-corrected chi connectivity index (χ0v) is 6.81. The predicted octanol–water partition coefficient (Wildman–Crippen LogP) is 1.48. The van der Waals surface area contributed by atoms with Crippen molar-refractivity contribution in [3.63, 3.8) is 0 Å². The fraction of sp³-hybridized carbons (Fsp3) is 0.111. The van der Waals surface area contributed by atoms with Gasteiger partial charge in [0, 0.05) is 37.4 Å². The molecule has 0 fully saturated rings. The molecule has 0 amide bonds. The van der Waals surface area contributed by atoms with Crippen molar-refractivity contribution in [3.8, 4) is 11.3 Å². The molecule has 2 aromatic rings. The molecule has 60 valence electrons. The smallest absolute Gasteiger partial charge is 0.0900 e. The molecule has 2 aromatic heterocycles. The summed E-state index contributed by atoms with van der Waals surface area (Å²) in [6, 6.07) is 2.02. The summed E-state index contributed by atoms with van der Waals surface area (Å²) < 4.78 is 1.99. The van der Waals surface area contributed by atoms with E-state index in [2.05, 4.69) is 9.97 Å². The number of hydrogen-bond acceptors (Lipinski definition) is 2. The third kappa shape index (κ3) is 1.21. The molecular weight excluding hydrogens is 150 g/mol. The first-order valence-electron chi connectivity index (χ1n) is 3.74. The highest BCUT2D eigenvalue weighted by molar-refractivity contribution is 5.56. The fourth-order valence-electron chi connectivity index (χ4n) is 1.10. The van der Waals surface area contributed by atoms with Gasteiger partial charge in [0.15, 0.2) is 0 Å². The van der Waals surface area contributed by atoms with Crippen molar-refractivity contribution < 1.29 is 0 Å². The second-order valence-corrected chi connectivity index (χ2v) is 2.66. The summed E-state index contributed by atoms with van der Waals surface area (Å²) in [5, 5.41) is 0. The zero-order valence-electron chi connectivity index (χ0n) is 6.81. The molecule has 12 heavy (non-hydrogen) atoms. The lowest BCUT2D eigenvalue weighted by atomic mass is 10.2. The number of aromatic nitrogens is 3. The van der Waals surface area contributed by atoms with Gasteiger partial charge in [0.05, 0.1) is 11.9 Å². The van der Waals surface area contributed by atoms with Crippen LogP contribution in [0, 0.1) is 0 Å². The first kappa shape index (κ1) is 7.03. The quantitative estimate of drug-likeness (QED) is 0.631. The molecule has 0 aromatic carbocycles. The molecule has 3 nitrogen and oxygen atoms in total. The van der Waals surface area contributed by atoms with Gasteiger partial charge in [-0.1, -0.05) is 0 Å². The van der Waals surface area contributed by atoms with Gasteiger partial charge in [0.25, 0.3) is 0 Å². The monoisotopic (exact) mass is 159 g/mol. The summed E-state index contributed by atoms with van der Waals surface area (Å²) in [6.45, 7) is 0. The van der Waals surface area contributed by atoms with Crippen molar-refractivity contribution in [1.29, 1.82) is 0 Å². The van der Waals surface area contributed by atoms with E-state index in [0.717, 1.165) is 11.3 Å². The van der Waals surface area contributed by atoms with Crippen LogP contribution in [0.2, 0.25) is 0 Å². The van der Waals surface area contributed by atoms with E-state index >= 15 is 0 Å². The minimum Gasteiger partial charge on any atom is -0.357 e. The van der Waals surface area contributed by atoms with Crippen molar-refractivity contribution in [2.45, 2.75) is 0 Å². The van der Waals surface area contributed by atoms with Gasteiger partial charge in [-0.3, -0.25) is 9.97 Å². The van der Waals surface area contributed by atoms with E-state index in [-0.39, 0.29) is 0 Å². The maximum atomic E-state index is 4.19. The molecule has 2 rings (SSSR count). The molecule has 0 bridgehead atoms. The first-order valence-corrected chi connectivity index (χ1v) is 3.74. The van der Waals surface area contributed by atoms with Gasteiger partial charge in [0.2, 0.25) is 0 Å². The number of rotatable bonds is 1. The van der Waals surface area contributed by atoms with E-state index in [1.54, 1.807) is 18.6 Å².